The van der Waals surface area contributed by atoms with Crippen molar-refractivity contribution >= 4 is 5.91 Å². The summed E-state index contributed by atoms with van der Waals surface area (Å²) in [6, 6.07) is 20.8. The van der Waals surface area contributed by atoms with Gasteiger partial charge in [-0.15, -0.1) is 0 Å². The topological polar surface area (TPSA) is 56.8 Å². The van der Waals surface area contributed by atoms with E-state index in [0.717, 1.165) is 16.7 Å². The molecule has 0 radical (unpaired) electrons. The van der Waals surface area contributed by atoms with Crippen molar-refractivity contribution in [1.82, 2.24) is 5.32 Å². The van der Waals surface area contributed by atoms with Crippen LogP contribution in [0.2, 0.25) is 0 Å². The van der Waals surface area contributed by atoms with Crippen molar-refractivity contribution < 1.29 is 19.0 Å². The molecule has 1 unspecified atom stereocenters. The van der Waals surface area contributed by atoms with Gasteiger partial charge in [-0.25, -0.2) is 0 Å². The summed E-state index contributed by atoms with van der Waals surface area (Å²) < 4.78 is 16.7. The molecule has 0 aromatic heterocycles. The number of benzene rings is 3. The summed E-state index contributed by atoms with van der Waals surface area (Å²) in [7, 11) is 3.20. The number of para-hydroxylation sites is 2. The largest absolute Gasteiger partial charge is 0.493 e. The van der Waals surface area contributed by atoms with Crippen LogP contribution < -0.4 is 19.5 Å². The minimum Gasteiger partial charge on any atom is -0.493 e. The van der Waals surface area contributed by atoms with E-state index in [1.165, 1.54) is 0 Å². The van der Waals surface area contributed by atoms with Crippen LogP contribution in [0.3, 0.4) is 0 Å². The number of amides is 1. The number of rotatable bonds is 5. The van der Waals surface area contributed by atoms with Crippen molar-refractivity contribution in [3.63, 3.8) is 0 Å². The summed E-state index contributed by atoms with van der Waals surface area (Å²) in [5, 5.41) is 3.15. The Morgan fingerprint density at radius 1 is 0.897 bits per heavy atom. The van der Waals surface area contributed by atoms with Gasteiger partial charge in [-0.05, 0) is 36.8 Å². The van der Waals surface area contributed by atoms with Crippen molar-refractivity contribution in [2.75, 3.05) is 14.2 Å². The number of carbonyl (C=O) groups excluding carboxylic acids is 1. The number of nitrogens with one attached hydrogen (secondary N) is 1. The maximum Gasteiger partial charge on any atom is 0.232 e. The second-order valence-electron chi connectivity index (χ2n) is 6.96. The summed E-state index contributed by atoms with van der Waals surface area (Å²) in [6.07, 6.45) is 0. The quantitative estimate of drug-likeness (QED) is 0.680. The van der Waals surface area contributed by atoms with Gasteiger partial charge >= 0.3 is 0 Å². The second-order valence-corrected chi connectivity index (χ2v) is 6.96. The molecule has 0 bridgehead atoms. The van der Waals surface area contributed by atoms with Gasteiger partial charge in [0.25, 0.3) is 0 Å². The molecule has 0 fully saturated rings. The van der Waals surface area contributed by atoms with E-state index in [4.69, 9.17) is 14.2 Å². The van der Waals surface area contributed by atoms with Crippen LogP contribution in [0.5, 0.6) is 23.0 Å². The molecule has 0 aliphatic carbocycles. The van der Waals surface area contributed by atoms with Gasteiger partial charge in [0.15, 0.2) is 11.5 Å². The molecule has 3 aromatic carbocycles. The summed E-state index contributed by atoms with van der Waals surface area (Å²) in [4.78, 5) is 13.4. The smallest absolute Gasteiger partial charge is 0.232 e. The second kappa shape index (κ2) is 7.87. The summed E-state index contributed by atoms with van der Waals surface area (Å²) in [6.45, 7) is 1.95. The van der Waals surface area contributed by atoms with Crippen molar-refractivity contribution in [2.45, 2.75) is 18.9 Å². The molecule has 4 rings (SSSR count). The molecular weight excluding hydrogens is 366 g/mol. The molecule has 1 amide bonds. The van der Waals surface area contributed by atoms with Crippen molar-refractivity contribution in [2.24, 2.45) is 0 Å². The fraction of sp³-hybridized carbons (Fsp3) is 0.208. The first-order chi connectivity index (χ1) is 14.1. The highest BCUT2D eigenvalue weighted by Crippen LogP contribution is 2.44. The van der Waals surface area contributed by atoms with Crippen LogP contribution in [0.1, 0.15) is 35.6 Å². The van der Waals surface area contributed by atoms with Crippen LogP contribution in [-0.4, -0.2) is 20.1 Å². The Kier molecular flexibility index (Phi) is 5.12. The number of hydrogen-bond acceptors (Lipinski definition) is 4. The normalized spacial score (nSPS) is 13.5. The Labute approximate surface area is 170 Å². The first-order valence-corrected chi connectivity index (χ1v) is 9.50. The molecule has 1 aliphatic rings. The van der Waals surface area contributed by atoms with Crippen LogP contribution in [-0.2, 0) is 4.79 Å². The zero-order chi connectivity index (χ0) is 20.4. The molecule has 148 valence electrons. The number of fused-ring (bicyclic) bond motifs is 2. The van der Waals surface area contributed by atoms with Crippen molar-refractivity contribution in [1.29, 1.82) is 0 Å². The maximum atomic E-state index is 13.4. The Hall–Kier alpha value is -3.47. The highest BCUT2D eigenvalue weighted by Gasteiger charge is 2.33. The Balaban J connectivity index is 1.64. The van der Waals surface area contributed by atoms with E-state index in [0.29, 0.717) is 23.0 Å². The van der Waals surface area contributed by atoms with Crippen LogP contribution in [0.4, 0.5) is 0 Å². The molecule has 0 saturated heterocycles. The molecular formula is C24H23NO4. The van der Waals surface area contributed by atoms with E-state index in [1.54, 1.807) is 14.2 Å². The predicted molar refractivity (Wildman–Crippen MR) is 111 cm³/mol. The molecule has 3 aromatic rings. The molecule has 1 atom stereocenters. The van der Waals surface area contributed by atoms with E-state index in [-0.39, 0.29) is 11.9 Å². The third-order valence-corrected chi connectivity index (χ3v) is 5.21. The SMILES string of the molecule is COc1ccc(C(C)NC(=O)C2c3ccccc3Oc3ccccc32)cc1OC. The Morgan fingerprint density at radius 3 is 2.07 bits per heavy atom. The van der Waals surface area contributed by atoms with Crippen LogP contribution in [0.25, 0.3) is 0 Å². The zero-order valence-corrected chi connectivity index (χ0v) is 16.6. The first-order valence-electron chi connectivity index (χ1n) is 9.50. The average Bonchev–Trinajstić information content (AvgIpc) is 2.76. The molecule has 0 spiro atoms. The summed E-state index contributed by atoms with van der Waals surface area (Å²) >= 11 is 0. The van der Waals surface area contributed by atoms with E-state index in [1.807, 2.05) is 73.7 Å². The van der Waals surface area contributed by atoms with Gasteiger partial charge in [-0.3, -0.25) is 4.79 Å². The van der Waals surface area contributed by atoms with Gasteiger partial charge < -0.3 is 19.5 Å². The minimum atomic E-state index is -0.432. The highest BCUT2D eigenvalue weighted by atomic mass is 16.5. The lowest BCUT2D eigenvalue weighted by atomic mass is 9.87. The molecule has 29 heavy (non-hydrogen) atoms. The summed E-state index contributed by atoms with van der Waals surface area (Å²) in [5.41, 5.74) is 2.66. The lowest BCUT2D eigenvalue weighted by Crippen LogP contribution is -2.33. The van der Waals surface area contributed by atoms with Gasteiger partial charge in [0.05, 0.1) is 26.2 Å². The molecule has 1 N–H and O–H groups in total. The average molecular weight is 389 g/mol. The molecule has 5 heteroatoms. The van der Waals surface area contributed by atoms with E-state index in [2.05, 4.69) is 5.32 Å². The molecule has 0 saturated carbocycles. The van der Waals surface area contributed by atoms with Crippen molar-refractivity contribution in [3.8, 4) is 23.0 Å². The zero-order valence-electron chi connectivity index (χ0n) is 16.6. The monoisotopic (exact) mass is 389 g/mol. The maximum absolute atomic E-state index is 13.4. The number of hydrogen-bond donors (Lipinski definition) is 1. The molecule has 5 nitrogen and oxygen atoms in total. The predicted octanol–water partition coefficient (Wildman–Crippen LogP) is 4.82. The highest BCUT2D eigenvalue weighted by molar-refractivity contribution is 5.90. The van der Waals surface area contributed by atoms with Crippen molar-refractivity contribution in [3.05, 3.63) is 83.4 Å². The van der Waals surface area contributed by atoms with E-state index in [9.17, 15) is 4.79 Å². The third kappa shape index (κ3) is 3.51. The number of ether oxygens (including phenoxy) is 3. The van der Waals surface area contributed by atoms with Gasteiger partial charge in [0.2, 0.25) is 5.91 Å². The summed E-state index contributed by atoms with van der Waals surface area (Å²) in [5.74, 6) is 2.21. The molecule has 1 heterocycles. The van der Waals surface area contributed by atoms with Crippen LogP contribution in [0, 0.1) is 0 Å². The Bertz CT molecular complexity index is 1000. The minimum absolute atomic E-state index is 0.0736. The van der Waals surface area contributed by atoms with Gasteiger partial charge in [0.1, 0.15) is 11.5 Å². The van der Waals surface area contributed by atoms with Crippen LogP contribution in [0.15, 0.2) is 66.7 Å². The third-order valence-electron chi connectivity index (χ3n) is 5.21. The van der Waals surface area contributed by atoms with Crippen LogP contribution >= 0.6 is 0 Å². The van der Waals surface area contributed by atoms with Gasteiger partial charge in [-0.1, -0.05) is 42.5 Å². The number of carbonyl (C=O) groups is 1. The first kappa shape index (κ1) is 18.9. The Morgan fingerprint density at radius 2 is 1.48 bits per heavy atom. The number of methoxy groups -OCH3 is 2. The van der Waals surface area contributed by atoms with E-state index < -0.39 is 5.92 Å². The lowest BCUT2D eigenvalue weighted by Gasteiger charge is -2.28. The fourth-order valence-corrected chi connectivity index (χ4v) is 3.69. The lowest BCUT2D eigenvalue weighted by molar-refractivity contribution is -0.122. The van der Waals surface area contributed by atoms with Gasteiger partial charge in [-0.2, -0.15) is 0 Å². The fourth-order valence-electron chi connectivity index (χ4n) is 3.69. The van der Waals surface area contributed by atoms with Gasteiger partial charge in [0, 0.05) is 11.1 Å². The molecule has 1 aliphatic heterocycles. The standard InChI is InChI=1S/C24H23NO4/c1-15(16-12-13-21(27-2)22(14-16)28-3)25-24(26)23-17-8-4-6-10-19(17)29-20-11-7-5-9-18(20)23/h4-15,23H,1-3H3,(H,25,26). The van der Waals surface area contributed by atoms with E-state index >= 15 is 0 Å².